The summed E-state index contributed by atoms with van der Waals surface area (Å²) >= 11 is 4.80. The molecular formula is C13H26S. The maximum Gasteiger partial charge on any atom is 0.00811 e. The molecule has 1 aliphatic rings. The Hall–Kier alpha value is 0.350. The smallest absolute Gasteiger partial charge is 0.00811 e. The van der Waals surface area contributed by atoms with Gasteiger partial charge in [-0.1, -0.05) is 47.5 Å². The van der Waals surface area contributed by atoms with Crippen molar-refractivity contribution in [3.8, 4) is 0 Å². The van der Waals surface area contributed by atoms with E-state index in [4.69, 9.17) is 12.6 Å². The van der Waals surface area contributed by atoms with Crippen molar-refractivity contribution in [2.75, 3.05) is 0 Å². The van der Waals surface area contributed by atoms with Gasteiger partial charge in [-0.2, -0.15) is 12.6 Å². The number of thiol groups is 1. The van der Waals surface area contributed by atoms with Gasteiger partial charge in [0.1, 0.15) is 0 Å². The molecule has 0 radical (unpaired) electrons. The minimum absolute atomic E-state index is 0.453. The molecule has 4 unspecified atom stereocenters. The van der Waals surface area contributed by atoms with Gasteiger partial charge in [0.25, 0.3) is 0 Å². The van der Waals surface area contributed by atoms with Crippen LogP contribution in [0.25, 0.3) is 0 Å². The van der Waals surface area contributed by atoms with E-state index in [1.165, 1.54) is 19.3 Å². The summed E-state index contributed by atoms with van der Waals surface area (Å²) < 4.78 is 0. The van der Waals surface area contributed by atoms with Crippen molar-refractivity contribution in [3.63, 3.8) is 0 Å². The van der Waals surface area contributed by atoms with Crippen molar-refractivity contribution in [2.24, 2.45) is 23.2 Å². The van der Waals surface area contributed by atoms with Gasteiger partial charge < -0.3 is 0 Å². The zero-order chi connectivity index (χ0) is 10.9. The first-order valence-corrected chi connectivity index (χ1v) is 6.57. The highest BCUT2D eigenvalue weighted by Crippen LogP contribution is 2.51. The van der Waals surface area contributed by atoms with Crippen LogP contribution in [0.4, 0.5) is 0 Å². The van der Waals surface area contributed by atoms with Gasteiger partial charge in [0, 0.05) is 5.25 Å². The molecule has 0 amide bonds. The summed E-state index contributed by atoms with van der Waals surface area (Å²) in [5, 5.41) is 0.650. The Bertz CT molecular complexity index is 180. The molecule has 0 aromatic carbocycles. The van der Waals surface area contributed by atoms with Gasteiger partial charge in [-0.3, -0.25) is 0 Å². The van der Waals surface area contributed by atoms with E-state index in [9.17, 15) is 0 Å². The van der Waals surface area contributed by atoms with Gasteiger partial charge in [0.15, 0.2) is 0 Å². The third kappa shape index (κ3) is 2.48. The third-order valence-corrected chi connectivity index (χ3v) is 4.71. The van der Waals surface area contributed by atoms with Crippen LogP contribution in [0.2, 0.25) is 0 Å². The van der Waals surface area contributed by atoms with E-state index in [-0.39, 0.29) is 0 Å². The van der Waals surface area contributed by atoms with Crippen molar-refractivity contribution in [1.82, 2.24) is 0 Å². The van der Waals surface area contributed by atoms with Crippen molar-refractivity contribution in [1.29, 1.82) is 0 Å². The molecule has 0 bridgehead atoms. The molecular weight excluding hydrogens is 188 g/mol. The molecule has 0 saturated heterocycles. The molecule has 0 spiro atoms. The standard InChI is InChI=1S/C13H26S/c1-6-7-9(2)10-8-11(12(10)14)13(3,4)5/h9-12,14H,6-8H2,1-5H3. The van der Waals surface area contributed by atoms with Crippen LogP contribution >= 0.6 is 12.6 Å². The molecule has 0 nitrogen and oxygen atoms in total. The second kappa shape index (κ2) is 4.47. The van der Waals surface area contributed by atoms with Crippen LogP contribution in [0.3, 0.4) is 0 Å². The molecule has 1 heteroatoms. The zero-order valence-electron chi connectivity index (χ0n) is 10.4. The summed E-state index contributed by atoms with van der Waals surface area (Å²) in [7, 11) is 0. The Morgan fingerprint density at radius 2 is 1.93 bits per heavy atom. The quantitative estimate of drug-likeness (QED) is 0.661. The van der Waals surface area contributed by atoms with Crippen molar-refractivity contribution in [3.05, 3.63) is 0 Å². The highest BCUT2D eigenvalue weighted by atomic mass is 32.1. The van der Waals surface area contributed by atoms with Crippen LogP contribution in [-0.2, 0) is 0 Å². The molecule has 0 aliphatic heterocycles. The minimum Gasteiger partial charge on any atom is -0.175 e. The summed E-state index contributed by atoms with van der Waals surface area (Å²) in [4.78, 5) is 0. The molecule has 14 heavy (non-hydrogen) atoms. The molecule has 0 aromatic heterocycles. The van der Waals surface area contributed by atoms with Gasteiger partial charge in [-0.05, 0) is 29.6 Å². The lowest BCUT2D eigenvalue weighted by Gasteiger charge is -2.51. The lowest BCUT2D eigenvalue weighted by Crippen LogP contribution is -2.47. The first-order chi connectivity index (χ1) is 6.38. The van der Waals surface area contributed by atoms with Crippen LogP contribution in [0.1, 0.15) is 53.9 Å². The lowest BCUT2D eigenvalue weighted by atomic mass is 9.59. The van der Waals surface area contributed by atoms with Crippen LogP contribution in [-0.4, -0.2) is 5.25 Å². The average molecular weight is 214 g/mol. The summed E-state index contributed by atoms with van der Waals surface area (Å²) in [6.07, 6.45) is 4.09. The fourth-order valence-electron chi connectivity index (χ4n) is 2.78. The minimum atomic E-state index is 0.453. The summed E-state index contributed by atoms with van der Waals surface area (Å²) in [5.74, 6) is 2.58. The van der Waals surface area contributed by atoms with Crippen LogP contribution in [0.5, 0.6) is 0 Å². The van der Waals surface area contributed by atoms with Crippen molar-refractivity contribution < 1.29 is 0 Å². The second-order valence-corrected chi connectivity index (χ2v) is 6.72. The largest absolute Gasteiger partial charge is 0.175 e. The van der Waals surface area contributed by atoms with Crippen molar-refractivity contribution >= 4 is 12.6 Å². The monoisotopic (exact) mass is 214 g/mol. The van der Waals surface area contributed by atoms with E-state index in [2.05, 4.69) is 34.6 Å². The van der Waals surface area contributed by atoms with E-state index in [0.717, 1.165) is 17.8 Å². The highest BCUT2D eigenvalue weighted by Gasteiger charge is 2.46. The predicted molar refractivity (Wildman–Crippen MR) is 67.9 cm³/mol. The first-order valence-electron chi connectivity index (χ1n) is 6.06. The topological polar surface area (TPSA) is 0 Å². The van der Waals surface area contributed by atoms with E-state index in [1.54, 1.807) is 0 Å². The number of hydrogen-bond acceptors (Lipinski definition) is 1. The fourth-order valence-corrected chi connectivity index (χ4v) is 3.76. The zero-order valence-corrected chi connectivity index (χ0v) is 11.3. The molecule has 1 rings (SSSR count). The van der Waals surface area contributed by atoms with E-state index in [1.807, 2.05) is 0 Å². The van der Waals surface area contributed by atoms with Crippen LogP contribution in [0.15, 0.2) is 0 Å². The first kappa shape index (κ1) is 12.4. The average Bonchev–Trinajstić information content (AvgIpc) is 1.99. The molecule has 1 saturated carbocycles. The maximum absolute atomic E-state index is 4.80. The van der Waals surface area contributed by atoms with Crippen LogP contribution < -0.4 is 0 Å². The molecule has 0 heterocycles. The van der Waals surface area contributed by atoms with Gasteiger partial charge >= 0.3 is 0 Å². The van der Waals surface area contributed by atoms with Gasteiger partial charge in [-0.25, -0.2) is 0 Å². The SMILES string of the molecule is CCCC(C)C1CC(C(C)(C)C)C1S. The molecule has 0 aromatic rings. The molecule has 1 aliphatic carbocycles. The molecule has 4 atom stereocenters. The third-order valence-electron chi connectivity index (χ3n) is 3.96. The Labute approximate surface area is 95.3 Å². The lowest BCUT2D eigenvalue weighted by molar-refractivity contribution is 0.0537. The Balaban J connectivity index is 2.43. The second-order valence-electron chi connectivity index (χ2n) is 6.13. The predicted octanol–water partition coefficient (Wildman–Crippen LogP) is 4.40. The van der Waals surface area contributed by atoms with Crippen molar-refractivity contribution in [2.45, 2.75) is 59.1 Å². The fraction of sp³-hybridized carbons (Fsp3) is 1.00. The molecule has 1 fully saturated rings. The van der Waals surface area contributed by atoms with E-state index >= 15 is 0 Å². The Morgan fingerprint density at radius 3 is 2.29 bits per heavy atom. The summed E-state index contributed by atoms with van der Waals surface area (Å²) in [6, 6.07) is 0. The normalized spacial score (nSPS) is 35.1. The van der Waals surface area contributed by atoms with Crippen LogP contribution in [0, 0.1) is 23.2 Å². The molecule has 0 N–H and O–H groups in total. The Kier molecular flexibility index (Phi) is 3.96. The van der Waals surface area contributed by atoms with Gasteiger partial charge in [-0.15, -0.1) is 0 Å². The maximum atomic E-state index is 4.80. The summed E-state index contributed by atoms with van der Waals surface area (Å²) in [6.45, 7) is 11.7. The Morgan fingerprint density at radius 1 is 1.36 bits per heavy atom. The number of rotatable bonds is 3. The summed E-state index contributed by atoms with van der Waals surface area (Å²) in [5.41, 5.74) is 0.453. The highest BCUT2D eigenvalue weighted by molar-refractivity contribution is 7.81. The molecule has 84 valence electrons. The van der Waals surface area contributed by atoms with E-state index < -0.39 is 0 Å². The van der Waals surface area contributed by atoms with Gasteiger partial charge in [0.2, 0.25) is 0 Å². The van der Waals surface area contributed by atoms with E-state index in [0.29, 0.717) is 10.7 Å². The number of hydrogen-bond donors (Lipinski definition) is 1. The van der Waals surface area contributed by atoms with Gasteiger partial charge in [0.05, 0.1) is 0 Å².